The van der Waals surface area contributed by atoms with Gasteiger partial charge in [0, 0.05) is 16.3 Å². The van der Waals surface area contributed by atoms with Gasteiger partial charge in [0.1, 0.15) is 0 Å². The molecule has 0 bridgehead atoms. The smallest absolute Gasteiger partial charge is 0.0866 e. The monoisotopic (exact) mass is 348 g/mol. The maximum Gasteiger partial charge on any atom is 0.0866 e. The Morgan fingerprint density at radius 2 is 1.83 bits per heavy atom. The predicted octanol–water partition coefficient (Wildman–Crippen LogP) is 5.85. The third-order valence-electron chi connectivity index (χ3n) is 3.36. The van der Waals surface area contributed by atoms with E-state index in [1.165, 1.54) is 26.4 Å². The Kier molecular flexibility index (Phi) is 11.8. The fraction of sp³-hybridized carbons (Fsp3) is 0.450. The molecular formula is C20H29FN2S. The van der Waals surface area contributed by atoms with E-state index < -0.39 is 0 Å². The molecule has 0 radical (unpaired) electrons. The SMILES string of the molecule is CC.CCc1cc(C)c(-c2ccccc2CN(C)CC#N)s1.CF. The lowest BCUT2D eigenvalue weighted by molar-refractivity contribution is 0.368. The molecule has 0 fully saturated rings. The van der Waals surface area contributed by atoms with Crippen LogP contribution in [0.1, 0.15) is 36.8 Å². The Morgan fingerprint density at radius 1 is 1.21 bits per heavy atom. The average molecular weight is 349 g/mol. The summed E-state index contributed by atoms with van der Waals surface area (Å²) in [5, 5.41) is 8.79. The lowest BCUT2D eigenvalue weighted by Crippen LogP contribution is -2.18. The van der Waals surface area contributed by atoms with Crippen molar-refractivity contribution in [2.24, 2.45) is 0 Å². The van der Waals surface area contributed by atoms with Crippen molar-refractivity contribution < 1.29 is 4.39 Å². The van der Waals surface area contributed by atoms with Gasteiger partial charge in [-0.3, -0.25) is 9.29 Å². The van der Waals surface area contributed by atoms with Crippen LogP contribution in [-0.4, -0.2) is 25.7 Å². The van der Waals surface area contributed by atoms with Gasteiger partial charge in [0.15, 0.2) is 0 Å². The van der Waals surface area contributed by atoms with Crippen molar-refractivity contribution in [1.82, 2.24) is 4.90 Å². The summed E-state index contributed by atoms with van der Waals surface area (Å²) in [5.41, 5.74) is 3.94. The van der Waals surface area contributed by atoms with Crippen LogP contribution in [0.25, 0.3) is 10.4 Å². The van der Waals surface area contributed by atoms with E-state index in [1.54, 1.807) is 0 Å². The Morgan fingerprint density at radius 3 is 2.38 bits per heavy atom. The highest BCUT2D eigenvalue weighted by atomic mass is 32.1. The third-order valence-corrected chi connectivity index (χ3v) is 4.77. The number of hydrogen-bond acceptors (Lipinski definition) is 3. The normalized spacial score (nSPS) is 9.46. The number of hydrogen-bond donors (Lipinski definition) is 0. The summed E-state index contributed by atoms with van der Waals surface area (Å²) in [6.07, 6.45) is 1.09. The summed E-state index contributed by atoms with van der Waals surface area (Å²) < 4.78 is 9.50. The second-order valence-corrected chi connectivity index (χ2v) is 6.20. The van der Waals surface area contributed by atoms with Crippen LogP contribution in [0.2, 0.25) is 0 Å². The molecule has 2 aromatic rings. The van der Waals surface area contributed by atoms with E-state index in [9.17, 15) is 4.39 Å². The van der Waals surface area contributed by atoms with E-state index in [4.69, 9.17) is 5.26 Å². The fourth-order valence-corrected chi connectivity index (χ4v) is 3.51. The van der Waals surface area contributed by atoms with Crippen LogP contribution in [0.5, 0.6) is 0 Å². The number of rotatable bonds is 5. The first-order valence-corrected chi connectivity index (χ1v) is 9.08. The minimum Gasteiger partial charge on any atom is -0.289 e. The number of nitrogens with zero attached hydrogens (tertiary/aromatic N) is 2. The maximum atomic E-state index is 9.50. The van der Waals surface area contributed by atoms with Crippen molar-refractivity contribution in [3.8, 4) is 16.5 Å². The fourth-order valence-electron chi connectivity index (χ4n) is 2.34. The number of nitriles is 1. The van der Waals surface area contributed by atoms with Gasteiger partial charge in [-0.1, -0.05) is 45.0 Å². The van der Waals surface area contributed by atoms with Crippen molar-refractivity contribution in [1.29, 1.82) is 5.26 Å². The van der Waals surface area contributed by atoms with Crippen LogP contribution in [0.15, 0.2) is 30.3 Å². The van der Waals surface area contributed by atoms with Crippen molar-refractivity contribution >= 4 is 11.3 Å². The predicted molar refractivity (Wildman–Crippen MR) is 104 cm³/mol. The van der Waals surface area contributed by atoms with E-state index in [1.807, 2.05) is 37.1 Å². The van der Waals surface area contributed by atoms with Crippen LogP contribution in [-0.2, 0) is 13.0 Å². The minimum absolute atomic E-state index is 0.456. The number of aryl methyl sites for hydroxylation is 2. The second kappa shape index (κ2) is 12.7. The van der Waals surface area contributed by atoms with Gasteiger partial charge in [-0.15, -0.1) is 11.3 Å². The zero-order valence-electron chi connectivity index (χ0n) is 15.7. The largest absolute Gasteiger partial charge is 0.289 e. The quantitative estimate of drug-likeness (QED) is 0.633. The molecule has 0 unspecified atom stereocenters. The van der Waals surface area contributed by atoms with Gasteiger partial charge in [-0.05, 0) is 43.1 Å². The van der Waals surface area contributed by atoms with Gasteiger partial charge in [0.25, 0.3) is 0 Å². The number of halogens is 1. The first kappa shape index (κ1) is 22.3. The maximum absolute atomic E-state index is 9.50. The molecule has 0 aliphatic rings. The molecule has 2 rings (SSSR count). The molecule has 0 amide bonds. The van der Waals surface area contributed by atoms with Gasteiger partial charge in [-0.2, -0.15) is 5.26 Å². The van der Waals surface area contributed by atoms with Crippen LogP contribution in [0.4, 0.5) is 4.39 Å². The van der Waals surface area contributed by atoms with Gasteiger partial charge in [0.2, 0.25) is 0 Å². The van der Waals surface area contributed by atoms with Crippen molar-refractivity contribution in [2.45, 2.75) is 40.7 Å². The number of thiophene rings is 1. The molecule has 0 aliphatic heterocycles. The molecule has 24 heavy (non-hydrogen) atoms. The van der Waals surface area contributed by atoms with E-state index in [0.717, 1.165) is 13.0 Å². The second-order valence-electron chi connectivity index (χ2n) is 5.07. The molecule has 132 valence electrons. The standard InChI is InChI=1S/C17H20N2S.C2H6.CH3F/c1-4-15-11-13(2)17(20-15)16-8-6-5-7-14(16)12-19(3)10-9-18;2*1-2/h5-8,11H,4,10,12H2,1-3H3;1-2H3;1H3. The Bertz CT molecular complexity index is 629. The van der Waals surface area contributed by atoms with E-state index in [0.29, 0.717) is 13.7 Å². The minimum atomic E-state index is 0.456. The first-order valence-electron chi connectivity index (χ1n) is 8.26. The molecule has 1 heterocycles. The molecule has 0 aliphatic carbocycles. The van der Waals surface area contributed by atoms with Crippen molar-refractivity contribution in [3.63, 3.8) is 0 Å². The van der Waals surface area contributed by atoms with Gasteiger partial charge in [0.05, 0.1) is 19.8 Å². The van der Waals surface area contributed by atoms with Crippen LogP contribution >= 0.6 is 11.3 Å². The highest BCUT2D eigenvalue weighted by Gasteiger charge is 2.12. The van der Waals surface area contributed by atoms with E-state index >= 15 is 0 Å². The van der Waals surface area contributed by atoms with Crippen LogP contribution < -0.4 is 0 Å². The summed E-state index contributed by atoms with van der Waals surface area (Å²) >= 11 is 1.88. The summed E-state index contributed by atoms with van der Waals surface area (Å²) in [5.74, 6) is 0. The van der Waals surface area contributed by atoms with Crippen molar-refractivity contribution in [3.05, 3.63) is 46.3 Å². The van der Waals surface area contributed by atoms with E-state index in [-0.39, 0.29) is 0 Å². The summed E-state index contributed by atoms with van der Waals surface area (Å²) in [6.45, 7) is 9.64. The third kappa shape index (κ3) is 6.43. The average Bonchev–Trinajstić information content (AvgIpc) is 3.00. The summed E-state index contributed by atoms with van der Waals surface area (Å²) in [7, 11) is 2.48. The molecule has 4 heteroatoms. The number of alkyl halides is 1. The van der Waals surface area contributed by atoms with Crippen LogP contribution in [0, 0.1) is 18.3 Å². The first-order chi connectivity index (χ1) is 11.7. The topological polar surface area (TPSA) is 27.0 Å². The molecule has 0 atom stereocenters. The molecule has 2 nitrogen and oxygen atoms in total. The van der Waals surface area contributed by atoms with Gasteiger partial charge < -0.3 is 0 Å². The van der Waals surface area contributed by atoms with E-state index in [2.05, 4.69) is 50.2 Å². The molecule has 0 saturated carbocycles. The summed E-state index contributed by atoms with van der Waals surface area (Å²) in [6, 6.07) is 13.0. The Balaban J connectivity index is 0.00000123. The Labute approximate surface area is 150 Å². The molecule has 0 saturated heterocycles. The zero-order chi connectivity index (χ0) is 18.5. The molecule has 0 N–H and O–H groups in total. The van der Waals surface area contributed by atoms with Gasteiger partial charge >= 0.3 is 0 Å². The molecule has 0 spiro atoms. The number of benzene rings is 1. The molecule has 1 aromatic heterocycles. The summed E-state index contributed by atoms with van der Waals surface area (Å²) in [4.78, 5) is 4.84. The molecule has 1 aromatic carbocycles. The Hall–Kier alpha value is -1.70. The highest BCUT2D eigenvalue weighted by Crippen LogP contribution is 2.35. The van der Waals surface area contributed by atoms with Gasteiger partial charge in [-0.25, -0.2) is 0 Å². The highest BCUT2D eigenvalue weighted by molar-refractivity contribution is 7.15. The lowest BCUT2D eigenvalue weighted by Gasteiger charge is -2.15. The zero-order valence-corrected chi connectivity index (χ0v) is 16.5. The van der Waals surface area contributed by atoms with Crippen LogP contribution in [0.3, 0.4) is 0 Å². The van der Waals surface area contributed by atoms with Crippen molar-refractivity contribution in [2.75, 3.05) is 20.8 Å². The lowest BCUT2D eigenvalue weighted by atomic mass is 10.0. The molecular weight excluding hydrogens is 319 g/mol.